The molecule has 0 aliphatic rings. The lowest BCUT2D eigenvalue weighted by Gasteiger charge is -2.15. The highest BCUT2D eigenvalue weighted by Crippen LogP contribution is 2.33. The molecule has 3 aromatic rings. The largest absolute Gasteiger partial charge is 0.268 e. The topological polar surface area (TPSA) is 39.1 Å². The van der Waals surface area contributed by atoms with Crippen LogP contribution in [0.2, 0.25) is 0 Å². The fraction of sp³-hybridized carbons (Fsp3) is 0.238. The molecule has 0 unspecified atom stereocenters. The maximum Gasteiger partial charge on any atom is 0.268 e. The molecule has 3 rings (SSSR count). The Balaban J connectivity index is 2.22. The van der Waals surface area contributed by atoms with Gasteiger partial charge in [-0.15, -0.1) is 0 Å². The number of benzene rings is 2. The van der Waals surface area contributed by atoms with E-state index in [0.717, 1.165) is 40.6 Å². The molecule has 1 aromatic heterocycles. The molecule has 0 fully saturated rings. The molecule has 136 valence electrons. The summed E-state index contributed by atoms with van der Waals surface area (Å²) in [5, 5.41) is 0. The molecule has 5 heteroatoms. The number of unbranched alkanes of at least 4 members (excludes halogenated alkanes) is 1. The van der Waals surface area contributed by atoms with E-state index in [-0.39, 0.29) is 0 Å². The van der Waals surface area contributed by atoms with E-state index in [0.29, 0.717) is 10.6 Å². The zero-order chi connectivity index (χ0) is 18.7. The van der Waals surface area contributed by atoms with E-state index in [2.05, 4.69) is 22.9 Å². The molecule has 0 bridgehead atoms. The summed E-state index contributed by atoms with van der Waals surface area (Å²) in [6, 6.07) is 18.6. The van der Waals surface area contributed by atoms with Gasteiger partial charge in [0.1, 0.15) is 0 Å². The lowest BCUT2D eigenvalue weighted by Crippen LogP contribution is -2.17. The van der Waals surface area contributed by atoms with E-state index in [1.807, 2.05) is 55.5 Å². The minimum Gasteiger partial charge on any atom is -0.238 e. The second kappa shape index (κ2) is 7.80. The van der Waals surface area contributed by atoms with Gasteiger partial charge in [-0.25, -0.2) is 12.4 Å². The van der Waals surface area contributed by atoms with Crippen LogP contribution in [-0.2, 0) is 16.4 Å². The minimum atomic E-state index is -3.67. The molecular weight excluding hydrogens is 410 g/mol. The van der Waals surface area contributed by atoms with Crippen LogP contribution in [0.1, 0.15) is 31.0 Å². The van der Waals surface area contributed by atoms with Crippen LogP contribution in [0.4, 0.5) is 0 Å². The van der Waals surface area contributed by atoms with E-state index < -0.39 is 10.0 Å². The Bertz CT molecular complexity index is 1000. The van der Waals surface area contributed by atoms with Crippen molar-refractivity contribution in [3.63, 3.8) is 0 Å². The first-order chi connectivity index (χ1) is 12.4. The molecule has 0 spiro atoms. The summed E-state index contributed by atoms with van der Waals surface area (Å²) in [5.74, 6) is 0. The maximum atomic E-state index is 13.4. The average Bonchev–Trinajstić information content (AvgIpc) is 3.05. The monoisotopic (exact) mass is 431 g/mol. The summed E-state index contributed by atoms with van der Waals surface area (Å²) in [6.07, 6.45) is 2.69. The van der Waals surface area contributed by atoms with Crippen molar-refractivity contribution in [2.24, 2.45) is 0 Å². The van der Waals surface area contributed by atoms with Crippen LogP contribution >= 0.6 is 15.9 Å². The lowest BCUT2D eigenvalue weighted by molar-refractivity contribution is 0.585. The number of aromatic nitrogens is 1. The van der Waals surface area contributed by atoms with Gasteiger partial charge < -0.3 is 0 Å². The fourth-order valence-electron chi connectivity index (χ4n) is 2.98. The SMILES string of the molecule is CCCCc1ccc(-c2ccccc2Br)n1S(=O)(=O)c1ccc(C)cc1. The molecule has 26 heavy (non-hydrogen) atoms. The molecule has 0 radical (unpaired) electrons. The Morgan fingerprint density at radius 1 is 0.962 bits per heavy atom. The highest BCUT2D eigenvalue weighted by molar-refractivity contribution is 9.10. The average molecular weight is 432 g/mol. The zero-order valence-electron chi connectivity index (χ0n) is 14.9. The van der Waals surface area contributed by atoms with E-state index in [1.54, 1.807) is 12.1 Å². The maximum absolute atomic E-state index is 13.4. The summed E-state index contributed by atoms with van der Waals surface area (Å²) in [4.78, 5) is 0.311. The number of nitrogens with zero attached hydrogens (tertiary/aromatic N) is 1. The van der Waals surface area contributed by atoms with Crippen molar-refractivity contribution in [1.29, 1.82) is 0 Å². The molecule has 0 aliphatic heterocycles. The minimum absolute atomic E-state index is 0.311. The van der Waals surface area contributed by atoms with Crippen LogP contribution < -0.4 is 0 Å². The molecule has 2 aromatic carbocycles. The third-order valence-electron chi connectivity index (χ3n) is 4.41. The summed E-state index contributed by atoms with van der Waals surface area (Å²) in [7, 11) is -3.67. The van der Waals surface area contributed by atoms with Crippen molar-refractivity contribution in [3.8, 4) is 11.3 Å². The molecule has 1 heterocycles. The summed E-state index contributed by atoms with van der Waals surface area (Å²) < 4.78 is 29.3. The number of hydrogen-bond acceptors (Lipinski definition) is 2. The molecular formula is C21H22BrNO2S. The van der Waals surface area contributed by atoms with Crippen molar-refractivity contribution >= 4 is 26.0 Å². The number of rotatable bonds is 6. The summed E-state index contributed by atoms with van der Waals surface area (Å²) >= 11 is 3.55. The third kappa shape index (κ3) is 3.64. The van der Waals surface area contributed by atoms with Crippen molar-refractivity contribution in [2.45, 2.75) is 38.0 Å². The van der Waals surface area contributed by atoms with Crippen molar-refractivity contribution in [1.82, 2.24) is 3.97 Å². The Labute approximate surface area is 163 Å². The van der Waals surface area contributed by atoms with Crippen LogP contribution in [0.25, 0.3) is 11.3 Å². The number of hydrogen-bond donors (Lipinski definition) is 0. The predicted octanol–water partition coefficient (Wildman–Crippen LogP) is 5.81. The Morgan fingerprint density at radius 2 is 1.65 bits per heavy atom. The molecule has 0 amide bonds. The summed E-state index contributed by atoms with van der Waals surface area (Å²) in [6.45, 7) is 4.06. The first kappa shape index (κ1) is 18.9. The van der Waals surface area contributed by atoms with Gasteiger partial charge >= 0.3 is 0 Å². The van der Waals surface area contributed by atoms with Gasteiger partial charge in [-0.2, -0.15) is 0 Å². The molecule has 3 nitrogen and oxygen atoms in total. The van der Waals surface area contributed by atoms with E-state index >= 15 is 0 Å². The normalized spacial score (nSPS) is 11.7. The van der Waals surface area contributed by atoms with Crippen molar-refractivity contribution in [3.05, 3.63) is 76.4 Å². The third-order valence-corrected chi connectivity index (χ3v) is 6.88. The van der Waals surface area contributed by atoms with E-state index in [1.165, 1.54) is 3.97 Å². The fourth-order valence-corrected chi connectivity index (χ4v) is 5.03. The highest BCUT2D eigenvalue weighted by atomic mass is 79.9. The highest BCUT2D eigenvalue weighted by Gasteiger charge is 2.24. The van der Waals surface area contributed by atoms with Crippen molar-refractivity contribution in [2.75, 3.05) is 0 Å². The molecule has 0 aliphatic carbocycles. The van der Waals surface area contributed by atoms with Crippen LogP contribution in [0.5, 0.6) is 0 Å². The quantitative estimate of drug-likeness (QED) is 0.494. The van der Waals surface area contributed by atoms with Gasteiger partial charge in [-0.3, -0.25) is 0 Å². The number of aryl methyl sites for hydroxylation is 2. The van der Waals surface area contributed by atoms with Crippen LogP contribution in [0.3, 0.4) is 0 Å². The second-order valence-electron chi connectivity index (χ2n) is 6.38. The van der Waals surface area contributed by atoms with Gasteiger partial charge in [-0.1, -0.05) is 65.2 Å². The Morgan fingerprint density at radius 3 is 2.31 bits per heavy atom. The van der Waals surface area contributed by atoms with E-state index in [4.69, 9.17) is 0 Å². The van der Waals surface area contributed by atoms with Crippen LogP contribution in [-0.4, -0.2) is 12.4 Å². The van der Waals surface area contributed by atoms with Crippen LogP contribution in [0.15, 0.2) is 70.0 Å². The van der Waals surface area contributed by atoms with Gasteiger partial charge in [0, 0.05) is 15.7 Å². The van der Waals surface area contributed by atoms with E-state index in [9.17, 15) is 8.42 Å². The number of halogens is 1. The van der Waals surface area contributed by atoms with Gasteiger partial charge in [0.2, 0.25) is 0 Å². The predicted molar refractivity (Wildman–Crippen MR) is 110 cm³/mol. The van der Waals surface area contributed by atoms with Gasteiger partial charge in [0.25, 0.3) is 10.0 Å². The molecule has 0 N–H and O–H groups in total. The molecule has 0 atom stereocenters. The van der Waals surface area contributed by atoms with Gasteiger partial charge in [0.15, 0.2) is 0 Å². The lowest BCUT2D eigenvalue weighted by atomic mass is 10.2. The first-order valence-electron chi connectivity index (χ1n) is 8.73. The standard InChI is InChI=1S/C21H22BrNO2S/c1-3-4-7-17-12-15-21(19-8-5-6-9-20(19)22)23(17)26(24,25)18-13-10-16(2)11-14-18/h5-6,8-15H,3-4,7H2,1-2H3. The van der Waals surface area contributed by atoms with Crippen LogP contribution in [0, 0.1) is 6.92 Å². The molecule has 0 saturated heterocycles. The van der Waals surface area contributed by atoms with Gasteiger partial charge in [-0.05, 0) is 50.1 Å². The first-order valence-corrected chi connectivity index (χ1v) is 11.0. The second-order valence-corrected chi connectivity index (χ2v) is 9.02. The summed E-state index contributed by atoms with van der Waals surface area (Å²) in [5.41, 5.74) is 3.40. The Kier molecular flexibility index (Phi) is 5.68. The van der Waals surface area contributed by atoms with Crippen molar-refractivity contribution < 1.29 is 8.42 Å². The zero-order valence-corrected chi connectivity index (χ0v) is 17.3. The Hall–Kier alpha value is -1.85. The van der Waals surface area contributed by atoms with Gasteiger partial charge in [0.05, 0.1) is 10.6 Å². The molecule has 0 saturated carbocycles. The smallest absolute Gasteiger partial charge is 0.238 e.